The van der Waals surface area contributed by atoms with E-state index >= 15 is 0 Å². The molecular weight excluding hydrogens is 290 g/mol. The Morgan fingerprint density at radius 1 is 1.22 bits per heavy atom. The highest BCUT2D eigenvalue weighted by atomic mass is 16.5. The molecule has 0 radical (unpaired) electrons. The van der Waals surface area contributed by atoms with E-state index in [-0.39, 0.29) is 5.91 Å². The van der Waals surface area contributed by atoms with Crippen LogP contribution in [0.3, 0.4) is 0 Å². The molecule has 1 aromatic heterocycles. The van der Waals surface area contributed by atoms with E-state index in [0.717, 1.165) is 38.4 Å². The van der Waals surface area contributed by atoms with E-state index in [1.165, 1.54) is 32.1 Å². The van der Waals surface area contributed by atoms with Crippen molar-refractivity contribution in [3.05, 3.63) is 24.0 Å². The monoisotopic (exact) mass is 315 g/mol. The van der Waals surface area contributed by atoms with Crippen molar-refractivity contribution in [1.29, 1.82) is 0 Å². The predicted octanol–water partition coefficient (Wildman–Crippen LogP) is 2.37. The minimum Gasteiger partial charge on any atom is -0.378 e. The molecule has 1 N–H and O–H groups in total. The van der Waals surface area contributed by atoms with Crippen molar-refractivity contribution in [2.24, 2.45) is 5.41 Å². The van der Waals surface area contributed by atoms with Crippen LogP contribution >= 0.6 is 0 Å². The van der Waals surface area contributed by atoms with Crippen LogP contribution in [0.1, 0.15) is 48.9 Å². The smallest absolute Gasteiger partial charge is 0.253 e. The van der Waals surface area contributed by atoms with E-state index in [4.69, 9.17) is 4.74 Å². The summed E-state index contributed by atoms with van der Waals surface area (Å²) in [5, 5.41) is 3.24. The number of morpholine rings is 1. The van der Waals surface area contributed by atoms with Gasteiger partial charge in [0.25, 0.3) is 5.91 Å². The van der Waals surface area contributed by atoms with Crippen LogP contribution in [-0.2, 0) is 4.74 Å². The van der Waals surface area contributed by atoms with E-state index in [9.17, 15) is 4.79 Å². The fourth-order valence-electron chi connectivity index (χ4n) is 4.15. The SMILES string of the molecule is O=C(NC1CC12CCCCC2)c1cncc(N2CCOCC2)c1. The molecule has 4 rings (SSSR count). The standard InChI is InChI=1S/C18H25N3O2/c22-17(20-16-11-18(16)4-2-1-3-5-18)14-10-15(13-19-12-14)21-6-8-23-9-7-21/h10,12-13,16H,1-9,11H2,(H,20,22). The minimum absolute atomic E-state index is 0.0278. The van der Waals surface area contributed by atoms with Crippen LogP contribution in [-0.4, -0.2) is 43.2 Å². The molecule has 1 spiro atoms. The van der Waals surface area contributed by atoms with Gasteiger partial charge >= 0.3 is 0 Å². The summed E-state index contributed by atoms with van der Waals surface area (Å²) < 4.78 is 5.38. The average Bonchev–Trinajstić information content (AvgIpc) is 3.27. The van der Waals surface area contributed by atoms with Crippen LogP contribution < -0.4 is 10.2 Å². The number of carbonyl (C=O) groups is 1. The molecule has 1 saturated heterocycles. The first-order valence-corrected chi connectivity index (χ1v) is 8.85. The van der Waals surface area contributed by atoms with Crippen molar-refractivity contribution < 1.29 is 9.53 Å². The fraction of sp³-hybridized carbons (Fsp3) is 0.667. The third-order valence-corrected chi connectivity index (χ3v) is 5.71. The first-order valence-electron chi connectivity index (χ1n) is 8.85. The summed E-state index contributed by atoms with van der Waals surface area (Å²) >= 11 is 0. The van der Waals surface area contributed by atoms with E-state index in [0.29, 0.717) is 17.0 Å². The lowest BCUT2D eigenvalue weighted by Gasteiger charge is -2.28. The Morgan fingerprint density at radius 2 is 2.00 bits per heavy atom. The molecule has 2 saturated carbocycles. The van der Waals surface area contributed by atoms with Gasteiger partial charge in [0, 0.05) is 25.3 Å². The summed E-state index contributed by atoms with van der Waals surface area (Å²) in [5.41, 5.74) is 2.11. The minimum atomic E-state index is 0.0278. The number of carbonyl (C=O) groups excluding carboxylic acids is 1. The summed E-state index contributed by atoms with van der Waals surface area (Å²) in [6.07, 6.45) is 11.2. The Balaban J connectivity index is 1.40. The summed E-state index contributed by atoms with van der Waals surface area (Å²) in [4.78, 5) is 19.1. The Bertz CT molecular complexity index is 577. The second-order valence-electron chi connectivity index (χ2n) is 7.18. The molecule has 1 aromatic rings. The fourth-order valence-corrected chi connectivity index (χ4v) is 4.15. The molecule has 0 aromatic carbocycles. The molecule has 5 heteroatoms. The van der Waals surface area contributed by atoms with Crippen molar-refractivity contribution in [2.75, 3.05) is 31.2 Å². The number of aromatic nitrogens is 1. The second-order valence-corrected chi connectivity index (χ2v) is 7.18. The zero-order chi connectivity index (χ0) is 15.7. The quantitative estimate of drug-likeness (QED) is 0.930. The van der Waals surface area contributed by atoms with Crippen molar-refractivity contribution in [1.82, 2.24) is 10.3 Å². The van der Waals surface area contributed by atoms with Gasteiger partial charge < -0.3 is 15.0 Å². The van der Waals surface area contributed by atoms with Gasteiger partial charge in [-0.15, -0.1) is 0 Å². The number of hydrogen-bond acceptors (Lipinski definition) is 4. The highest BCUT2D eigenvalue weighted by Crippen LogP contribution is 2.56. The molecule has 3 aliphatic rings. The number of rotatable bonds is 3. The van der Waals surface area contributed by atoms with Gasteiger partial charge in [-0.05, 0) is 30.7 Å². The molecule has 1 atom stereocenters. The Morgan fingerprint density at radius 3 is 2.78 bits per heavy atom. The molecule has 5 nitrogen and oxygen atoms in total. The molecule has 1 amide bonds. The Kier molecular flexibility index (Phi) is 3.97. The van der Waals surface area contributed by atoms with Gasteiger partial charge in [0.1, 0.15) is 0 Å². The number of nitrogens with zero attached hydrogens (tertiary/aromatic N) is 2. The van der Waals surface area contributed by atoms with Gasteiger partial charge in [0.05, 0.1) is 30.7 Å². The van der Waals surface area contributed by atoms with Gasteiger partial charge in [-0.25, -0.2) is 0 Å². The maximum atomic E-state index is 12.6. The lowest BCUT2D eigenvalue weighted by Crippen LogP contribution is -2.36. The first kappa shape index (κ1) is 14.9. The predicted molar refractivity (Wildman–Crippen MR) is 88.7 cm³/mol. The van der Waals surface area contributed by atoms with Crippen molar-refractivity contribution in [3.8, 4) is 0 Å². The topological polar surface area (TPSA) is 54.5 Å². The summed E-state index contributed by atoms with van der Waals surface area (Å²) in [7, 11) is 0. The lowest BCUT2D eigenvalue weighted by molar-refractivity contribution is 0.0941. The van der Waals surface area contributed by atoms with Gasteiger partial charge in [0.15, 0.2) is 0 Å². The molecular formula is C18H25N3O2. The first-order chi connectivity index (χ1) is 11.3. The summed E-state index contributed by atoms with van der Waals surface area (Å²) in [6, 6.07) is 2.34. The summed E-state index contributed by atoms with van der Waals surface area (Å²) in [5.74, 6) is 0.0278. The number of ether oxygens (including phenoxy) is 1. The van der Waals surface area contributed by atoms with Crippen LogP contribution in [0, 0.1) is 5.41 Å². The number of amides is 1. The maximum absolute atomic E-state index is 12.6. The largest absolute Gasteiger partial charge is 0.378 e. The third kappa shape index (κ3) is 3.07. The average molecular weight is 315 g/mol. The number of anilines is 1. The highest BCUT2D eigenvalue weighted by molar-refractivity contribution is 5.95. The molecule has 2 heterocycles. The van der Waals surface area contributed by atoms with Crippen LogP contribution in [0.15, 0.2) is 18.5 Å². The zero-order valence-corrected chi connectivity index (χ0v) is 13.6. The van der Waals surface area contributed by atoms with Crippen molar-refractivity contribution in [2.45, 2.75) is 44.6 Å². The molecule has 2 aliphatic carbocycles. The number of nitrogens with one attached hydrogen (secondary N) is 1. The van der Waals surface area contributed by atoms with Gasteiger partial charge in [-0.3, -0.25) is 9.78 Å². The second kappa shape index (κ2) is 6.11. The van der Waals surface area contributed by atoms with Crippen LogP contribution in [0.2, 0.25) is 0 Å². The molecule has 3 fully saturated rings. The molecule has 1 aliphatic heterocycles. The van der Waals surface area contributed by atoms with Crippen LogP contribution in [0.5, 0.6) is 0 Å². The Labute approximate surface area is 137 Å². The van der Waals surface area contributed by atoms with E-state index in [1.807, 2.05) is 12.3 Å². The van der Waals surface area contributed by atoms with Gasteiger partial charge in [-0.1, -0.05) is 19.3 Å². The van der Waals surface area contributed by atoms with E-state index in [1.54, 1.807) is 6.20 Å². The van der Waals surface area contributed by atoms with Crippen molar-refractivity contribution in [3.63, 3.8) is 0 Å². The van der Waals surface area contributed by atoms with E-state index in [2.05, 4.69) is 15.2 Å². The number of hydrogen-bond donors (Lipinski definition) is 1. The molecule has 1 unspecified atom stereocenters. The molecule has 23 heavy (non-hydrogen) atoms. The van der Waals surface area contributed by atoms with Gasteiger partial charge in [-0.2, -0.15) is 0 Å². The Hall–Kier alpha value is -1.62. The summed E-state index contributed by atoms with van der Waals surface area (Å²) in [6.45, 7) is 3.19. The van der Waals surface area contributed by atoms with Crippen LogP contribution in [0.4, 0.5) is 5.69 Å². The third-order valence-electron chi connectivity index (χ3n) is 5.71. The van der Waals surface area contributed by atoms with E-state index < -0.39 is 0 Å². The molecule has 124 valence electrons. The highest BCUT2D eigenvalue weighted by Gasteiger charge is 2.54. The van der Waals surface area contributed by atoms with Crippen LogP contribution in [0.25, 0.3) is 0 Å². The van der Waals surface area contributed by atoms with Crippen molar-refractivity contribution >= 4 is 11.6 Å². The van der Waals surface area contributed by atoms with Gasteiger partial charge in [0.2, 0.25) is 0 Å². The molecule has 0 bridgehead atoms. The zero-order valence-electron chi connectivity index (χ0n) is 13.6. The number of pyridine rings is 1. The lowest BCUT2D eigenvalue weighted by atomic mass is 9.86. The normalized spacial score (nSPS) is 26.1. The maximum Gasteiger partial charge on any atom is 0.253 e.